The van der Waals surface area contributed by atoms with Crippen molar-refractivity contribution < 1.29 is 9.85 Å². The minimum atomic E-state index is -0.736. The predicted octanol–water partition coefficient (Wildman–Crippen LogP) is 6.53. The van der Waals surface area contributed by atoms with Crippen LogP contribution in [0, 0.1) is 20.2 Å². The van der Waals surface area contributed by atoms with E-state index in [1.54, 1.807) is 30.3 Å². The molecule has 0 amide bonds. The number of benzene rings is 3. The number of nitro groups is 2. The van der Waals surface area contributed by atoms with Crippen LogP contribution in [0.5, 0.6) is 0 Å². The molecule has 0 aliphatic rings. The Morgan fingerprint density at radius 2 is 1.59 bits per heavy atom. The molecule has 11 nitrogen and oxygen atoms in total. The monoisotopic (exact) mass is 389 g/mol. The third-order valence-corrected chi connectivity index (χ3v) is 3.87. The Hall–Kier alpha value is -4.63. The van der Waals surface area contributed by atoms with Crippen LogP contribution in [0.15, 0.2) is 82.1 Å². The number of azide groups is 1. The molecule has 0 spiro atoms. The van der Waals surface area contributed by atoms with Crippen molar-refractivity contribution in [2.75, 3.05) is 0 Å². The molecule has 0 aliphatic heterocycles. The van der Waals surface area contributed by atoms with E-state index >= 15 is 0 Å². The SMILES string of the molecule is [N-]=[N+]=Nc1c(N=Nc2ccccc2)cccc1-c1ccc([N+](=O)[O-])cc1[N+](=O)[O-]. The average Bonchev–Trinajstić information content (AvgIpc) is 2.73. The summed E-state index contributed by atoms with van der Waals surface area (Å²) >= 11 is 0. The number of nitro benzene ring substituents is 2. The molecule has 3 rings (SSSR count). The van der Waals surface area contributed by atoms with Crippen molar-refractivity contribution in [3.05, 3.63) is 97.4 Å². The zero-order valence-corrected chi connectivity index (χ0v) is 14.6. The van der Waals surface area contributed by atoms with Crippen molar-refractivity contribution in [2.24, 2.45) is 15.3 Å². The van der Waals surface area contributed by atoms with Crippen molar-refractivity contribution in [1.82, 2.24) is 0 Å². The number of hydrogen-bond donors (Lipinski definition) is 0. The largest absolute Gasteiger partial charge is 0.284 e. The first-order valence-electron chi connectivity index (χ1n) is 8.09. The highest BCUT2D eigenvalue weighted by Crippen LogP contribution is 2.43. The van der Waals surface area contributed by atoms with Crippen LogP contribution in [0.1, 0.15) is 0 Å². The lowest BCUT2D eigenvalue weighted by atomic mass is 10.0. The summed E-state index contributed by atoms with van der Waals surface area (Å²) in [5, 5.41) is 34.2. The van der Waals surface area contributed by atoms with Gasteiger partial charge in [0.05, 0.1) is 38.5 Å². The van der Waals surface area contributed by atoms with E-state index in [2.05, 4.69) is 20.3 Å². The molecule has 0 aliphatic carbocycles. The summed E-state index contributed by atoms with van der Waals surface area (Å²) in [7, 11) is 0. The van der Waals surface area contributed by atoms with Gasteiger partial charge in [-0.1, -0.05) is 35.4 Å². The first-order chi connectivity index (χ1) is 14.0. The minimum absolute atomic E-state index is 0.0200. The van der Waals surface area contributed by atoms with Crippen molar-refractivity contribution in [3.63, 3.8) is 0 Å². The number of non-ortho nitro benzene ring substituents is 1. The van der Waals surface area contributed by atoms with Gasteiger partial charge in [-0.3, -0.25) is 20.2 Å². The first kappa shape index (κ1) is 19.1. The molecule has 0 N–H and O–H groups in total. The van der Waals surface area contributed by atoms with Crippen molar-refractivity contribution >= 4 is 28.4 Å². The highest BCUT2D eigenvalue weighted by atomic mass is 16.6. The van der Waals surface area contributed by atoms with Gasteiger partial charge in [-0.15, -0.1) is 0 Å². The van der Waals surface area contributed by atoms with E-state index in [0.717, 1.165) is 12.1 Å². The second kappa shape index (κ2) is 8.37. The molecule has 0 bridgehead atoms. The minimum Gasteiger partial charge on any atom is -0.258 e. The van der Waals surface area contributed by atoms with Crippen LogP contribution >= 0.6 is 0 Å². The molecule has 11 heteroatoms. The molecule has 0 radical (unpaired) electrons. The van der Waals surface area contributed by atoms with Gasteiger partial charge in [0.2, 0.25) is 0 Å². The van der Waals surface area contributed by atoms with Crippen molar-refractivity contribution in [1.29, 1.82) is 0 Å². The van der Waals surface area contributed by atoms with Gasteiger partial charge in [0.15, 0.2) is 0 Å². The summed E-state index contributed by atoms with van der Waals surface area (Å²) in [6.45, 7) is 0. The maximum atomic E-state index is 11.5. The third kappa shape index (κ3) is 4.21. The first-order valence-corrected chi connectivity index (χ1v) is 8.09. The van der Waals surface area contributed by atoms with E-state index in [-0.39, 0.29) is 22.5 Å². The summed E-state index contributed by atoms with van der Waals surface area (Å²) in [6.07, 6.45) is 0. The van der Waals surface area contributed by atoms with Crippen molar-refractivity contribution in [2.45, 2.75) is 0 Å². The van der Waals surface area contributed by atoms with Crippen molar-refractivity contribution in [3.8, 4) is 11.1 Å². The maximum absolute atomic E-state index is 11.5. The summed E-state index contributed by atoms with van der Waals surface area (Å²) in [5.74, 6) is 0. The number of azo groups is 1. The number of rotatable bonds is 6. The van der Waals surface area contributed by atoms with Gasteiger partial charge in [0, 0.05) is 16.5 Å². The van der Waals surface area contributed by atoms with E-state index in [0.29, 0.717) is 5.69 Å². The normalized spacial score (nSPS) is 10.5. The Morgan fingerprint density at radius 1 is 0.828 bits per heavy atom. The smallest absolute Gasteiger partial charge is 0.258 e. The molecule has 0 heterocycles. The van der Waals surface area contributed by atoms with Gasteiger partial charge in [-0.05, 0) is 29.8 Å². The molecule has 0 aromatic heterocycles. The van der Waals surface area contributed by atoms with E-state index in [9.17, 15) is 20.2 Å². The lowest BCUT2D eigenvalue weighted by molar-refractivity contribution is -0.393. The fourth-order valence-electron chi connectivity index (χ4n) is 2.60. The van der Waals surface area contributed by atoms with E-state index < -0.39 is 21.2 Å². The third-order valence-electron chi connectivity index (χ3n) is 3.87. The van der Waals surface area contributed by atoms with E-state index in [1.807, 2.05) is 6.07 Å². The lowest BCUT2D eigenvalue weighted by Crippen LogP contribution is -1.95. The molecular weight excluding hydrogens is 378 g/mol. The highest BCUT2D eigenvalue weighted by molar-refractivity contribution is 5.88. The number of nitrogens with zero attached hydrogens (tertiary/aromatic N) is 7. The second-order valence-electron chi connectivity index (χ2n) is 5.61. The molecule has 3 aromatic carbocycles. The molecular formula is C18H11N7O4. The van der Waals surface area contributed by atoms with Crippen LogP contribution in [0.4, 0.5) is 28.4 Å². The maximum Gasteiger partial charge on any atom is 0.284 e. The van der Waals surface area contributed by atoms with Crippen LogP contribution in [0.25, 0.3) is 21.6 Å². The highest BCUT2D eigenvalue weighted by Gasteiger charge is 2.23. The van der Waals surface area contributed by atoms with Gasteiger partial charge >= 0.3 is 0 Å². The number of hydrogen-bond acceptors (Lipinski definition) is 7. The molecule has 142 valence electrons. The van der Waals surface area contributed by atoms with Gasteiger partial charge < -0.3 is 0 Å². The quantitative estimate of drug-likeness (QED) is 0.154. The van der Waals surface area contributed by atoms with Crippen LogP contribution in [-0.4, -0.2) is 9.85 Å². The van der Waals surface area contributed by atoms with Crippen LogP contribution in [0.3, 0.4) is 0 Å². The fraction of sp³-hybridized carbons (Fsp3) is 0. The molecule has 0 atom stereocenters. The van der Waals surface area contributed by atoms with Crippen LogP contribution in [-0.2, 0) is 0 Å². The summed E-state index contributed by atoms with van der Waals surface area (Å²) < 4.78 is 0. The average molecular weight is 389 g/mol. The zero-order valence-electron chi connectivity index (χ0n) is 14.6. The Labute approximate surface area is 162 Å². The summed E-state index contributed by atoms with van der Waals surface area (Å²) in [5.41, 5.74) is 9.07. The Morgan fingerprint density at radius 3 is 2.24 bits per heavy atom. The lowest BCUT2D eigenvalue weighted by Gasteiger charge is -2.08. The molecule has 0 unspecified atom stereocenters. The standard InChI is InChI=1S/C18H11N7O4/c19-23-22-18-15(14-10-9-13(24(26)27)11-17(14)25(28)29)7-4-8-16(18)21-20-12-5-2-1-3-6-12/h1-11H. The molecule has 3 aromatic rings. The van der Waals surface area contributed by atoms with Crippen LogP contribution < -0.4 is 0 Å². The van der Waals surface area contributed by atoms with Crippen LogP contribution in [0.2, 0.25) is 0 Å². The molecule has 0 fully saturated rings. The second-order valence-corrected chi connectivity index (χ2v) is 5.61. The Bertz CT molecular complexity index is 1170. The van der Waals surface area contributed by atoms with E-state index in [1.165, 1.54) is 18.2 Å². The molecule has 29 heavy (non-hydrogen) atoms. The van der Waals surface area contributed by atoms with Gasteiger partial charge in [0.25, 0.3) is 11.4 Å². The van der Waals surface area contributed by atoms with Gasteiger partial charge in [-0.2, -0.15) is 10.2 Å². The summed E-state index contributed by atoms with van der Waals surface area (Å²) in [4.78, 5) is 23.7. The molecule has 0 saturated carbocycles. The van der Waals surface area contributed by atoms with E-state index in [4.69, 9.17) is 5.53 Å². The van der Waals surface area contributed by atoms with Gasteiger partial charge in [-0.25, -0.2) is 0 Å². The Kier molecular flexibility index (Phi) is 5.53. The summed E-state index contributed by atoms with van der Waals surface area (Å²) in [6, 6.07) is 16.7. The molecule has 0 saturated heterocycles. The zero-order chi connectivity index (χ0) is 20.8. The fourth-order valence-corrected chi connectivity index (χ4v) is 2.60. The Balaban J connectivity index is 2.18. The predicted molar refractivity (Wildman–Crippen MR) is 105 cm³/mol. The van der Waals surface area contributed by atoms with Gasteiger partial charge in [0.1, 0.15) is 0 Å². The topological polar surface area (TPSA) is 160 Å².